The van der Waals surface area contributed by atoms with Crippen LogP contribution >= 0.6 is 0 Å². The summed E-state index contributed by atoms with van der Waals surface area (Å²) in [6.45, 7) is 8.15. The second-order valence-corrected chi connectivity index (χ2v) is 7.63. The summed E-state index contributed by atoms with van der Waals surface area (Å²) in [6.07, 6.45) is 8.10. The summed E-state index contributed by atoms with van der Waals surface area (Å²) in [5, 5.41) is 5.96. The van der Waals surface area contributed by atoms with Gasteiger partial charge in [0.1, 0.15) is 0 Å². The highest BCUT2D eigenvalue weighted by Gasteiger charge is 2.15. The number of benzene rings is 1. The van der Waals surface area contributed by atoms with Crippen molar-refractivity contribution in [3.8, 4) is 0 Å². The van der Waals surface area contributed by atoms with Crippen molar-refractivity contribution in [2.45, 2.75) is 65.7 Å². The van der Waals surface area contributed by atoms with Gasteiger partial charge in [-0.05, 0) is 56.1 Å². The highest BCUT2D eigenvalue weighted by atomic mass is 16.2. The van der Waals surface area contributed by atoms with Gasteiger partial charge in [-0.15, -0.1) is 0 Å². The van der Waals surface area contributed by atoms with Crippen LogP contribution < -0.4 is 10.6 Å². The molecule has 1 aliphatic rings. The van der Waals surface area contributed by atoms with E-state index in [2.05, 4.69) is 15.5 Å². The molecule has 2 rings (SSSR count). The van der Waals surface area contributed by atoms with E-state index in [1.165, 1.54) is 32.1 Å². The monoisotopic (exact) mass is 373 g/mol. The standard InChI is InChI=1S/C22H35N3O2/c1-4-25(5-2)16-22(27)24-20-13-12-19(15-17(20)3)23-21(26)14-11-18-9-7-6-8-10-18/h12-13,15,18H,4-11,14,16H2,1-3H3,(H,23,26)(H,24,27). The summed E-state index contributed by atoms with van der Waals surface area (Å²) in [4.78, 5) is 26.5. The van der Waals surface area contributed by atoms with Crippen LogP contribution in [-0.4, -0.2) is 36.3 Å². The van der Waals surface area contributed by atoms with Crippen molar-refractivity contribution in [1.29, 1.82) is 0 Å². The number of nitrogens with one attached hydrogen (secondary N) is 2. The third-order valence-corrected chi connectivity index (χ3v) is 5.55. The third-order valence-electron chi connectivity index (χ3n) is 5.55. The predicted octanol–water partition coefficient (Wildman–Crippen LogP) is 4.57. The Balaban J connectivity index is 1.82. The number of hydrogen-bond donors (Lipinski definition) is 2. The Kier molecular flexibility index (Phi) is 8.79. The van der Waals surface area contributed by atoms with Crippen molar-refractivity contribution in [3.63, 3.8) is 0 Å². The van der Waals surface area contributed by atoms with E-state index in [0.29, 0.717) is 13.0 Å². The van der Waals surface area contributed by atoms with E-state index in [4.69, 9.17) is 0 Å². The molecule has 0 bridgehead atoms. The van der Waals surface area contributed by atoms with Gasteiger partial charge in [0.25, 0.3) is 0 Å². The summed E-state index contributed by atoms with van der Waals surface area (Å²) in [5.74, 6) is 0.791. The van der Waals surface area contributed by atoms with E-state index < -0.39 is 0 Å². The minimum absolute atomic E-state index is 0.00827. The van der Waals surface area contributed by atoms with Gasteiger partial charge >= 0.3 is 0 Å². The fourth-order valence-electron chi connectivity index (χ4n) is 3.76. The Morgan fingerprint density at radius 2 is 1.74 bits per heavy atom. The maximum atomic E-state index is 12.2. The van der Waals surface area contributed by atoms with Gasteiger partial charge in [0.15, 0.2) is 0 Å². The van der Waals surface area contributed by atoms with E-state index in [1.54, 1.807) is 0 Å². The van der Waals surface area contributed by atoms with Crippen molar-refractivity contribution in [2.24, 2.45) is 5.92 Å². The first-order chi connectivity index (χ1) is 13.0. The lowest BCUT2D eigenvalue weighted by atomic mass is 9.86. The third kappa shape index (κ3) is 7.33. The first-order valence-electron chi connectivity index (χ1n) is 10.4. The summed E-state index contributed by atoms with van der Waals surface area (Å²) in [5.41, 5.74) is 2.54. The van der Waals surface area contributed by atoms with Gasteiger partial charge < -0.3 is 10.6 Å². The molecule has 1 fully saturated rings. The number of amides is 2. The highest BCUT2D eigenvalue weighted by Crippen LogP contribution is 2.27. The molecule has 0 heterocycles. The molecule has 27 heavy (non-hydrogen) atoms. The van der Waals surface area contributed by atoms with Crippen LogP contribution in [0, 0.1) is 12.8 Å². The van der Waals surface area contributed by atoms with Crippen LogP contribution in [0.25, 0.3) is 0 Å². The van der Waals surface area contributed by atoms with Gasteiger partial charge in [-0.2, -0.15) is 0 Å². The second kappa shape index (κ2) is 11.1. The van der Waals surface area contributed by atoms with Crippen LogP contribution in [0.2, 0.25) is 0 Å². The van der Waals surface area contributed by atoms with Crippen molar-refractivity contribution in [2.75, 3.05) is 30.3 Å². The van der Waals surface area contributed by atoms with Crippen molar-refractivity contribution < 1.29 is 9.59 Å². The van der Waals surface area contributed by atoms with Gasteiger partial charge in [0.2, 0.25) is 11.8 Å². The Morgan fingerprint density at radius 1 is 1.04 bits per heavy atom. The molecule has 5 nitrogen and oxygen atoms in total. The Labute approximate surface area is 163 Å². The number of aryl methyl sites for hydroxylation is 1. The fraction of sp³-hybridized carbons (Fsp3) is 0.636. The summed E-state index contributed by atoms with van der Waals surface area (Å²) < 4.78 is 0. The highest BCUT2D eigenvalue weighted by molar-refractivity contribution is 5.94. The zero-order chi connectivity index (χ0) is 19.6. The van der Waals surface area contributed by atoms with Crippen LogP contribution in [0.5, 0.6) is 0 Å². The normalized spacial score (nSPS) is 15.0. The topological polar surface area (TPSA) is 61.4 Å². The van der Waals surface area contributed by atoms with Gasteiger partial charge in [-0.1, -0.05) is 46.0 Å². The minimum Gasteiger partial charge on any atom is -0.326 e. The Morgan fingerprint density at radius 3 is 2.37 bits per heavy atom. The number of hydrogen-bond acceptors (Lipinski definition) is 3. The molecule has 1 aromatic carbocycles. The molecule has 0 spiro atoms. The number of carbonyl (C=O) groups excluding carboxylic acids is 2. The number of nitrogens with zero attached hydrogens (tertiary/aromatic N) is 1. The summed E-state index contributed by atoms with van der Waals surface area (Å²) >= 11 is 0. The maximum Gasteiger partial charge on any atom is 0.238 e. The molecule has 0 aliphatic heterocycles. The first kappa shape index (κ1) is 21.4. The molecule has 1 aromatic rings. The largest absolute Gasteiger partial charge is 0.326 e. The summed E-state index contributed by atoms with van der Waals surface area (Å²) in [7, 11) is 0. The number of likely N-dealkylation sites (N-methyl/N-ethyl adjacent to an activating group) is 1. The molecule has 1 saturated carbocycles. The van der Waals surface area contributed by atoms with Crippen LogP contribution in [-0.2, 0) is 9.59 Å². The number of rotatable bonds is 9. The molecule has 2 N–H and O–H groups in total. The van der Waals surface area contributed by atoms with E-state index in [9.17, 15) is 9.59 Å². The second-order valence-electron chi connectivity index (χ2n) is 7.63. The molecule has 0 atom stereocenters. The van der Waals surface area contributed by atoms with E-state index in [0.717, 1.165) is 42.4 Å². The molecule has 5 heteroatoms. The van der Waals surface area contributed by atoms with Crippen LogP contribution in [0.1, 0.15) is 64.4 Å². The first-order valence-corrected chi connectivity index (χ1v) is 10.4. The summed E-state index contributed by atoms with van der Waals surface area (Å²) in [6, 6.07) is 5.65. The molecule has 0 unspecified atom stereocenters. The molecule has 2 amide bonds. The van der Waals surface area contributed by atoms with Crippen molar-refractivity contribution >= 4 is 23.2 Å². The molecule has 0 saturated heterocycles. The van der Waals surface area contributed by atoms with Crippen molar-refractivity contribution in [3.05, 3.63) is 23.8 Å². The zero-order valence-electron chi connectivity index (χ0n) is 17.1. The average molecular weight is 374 g/mol. The zero-order valence-corrected chi connectivity index (χ0v) is 17.1. The molecule has 1 aliphatic carbocycles. The average Bonchev–Trinajstić information content (AvgIpc) is 2.67. The smallest absolute Gasteiger partial charge is 0.238 e. The lowest BCUT2D eigenvalue weighted by molar-refractivity contribution is -0.117. The molecular formula is C22H35N3O2. The lowest BCUT2D eigenvalue weighted by Crippen LogP contribution is -2.33. The van der Waals surface area contributed by atoms with E-state index in [-0.39, 0.29) is 11.8 Å². The molecular weight excluding hydrogens is 338 g/mol. The van der Waals surface area contributed by atoms with E-state index >= 15 is 0 Å². The van der Waals surface area contributed by atoms with Crippen LogP contribution in [0.4, 0.5) is 11.4 Å². The Hall–Kier alpha value is -1.88. The maximum absolute atomic E-state index is 12.2. The molecule has 0 aromatic heterocycles. The molecule has 0 radical (unpaired) electrons. The minimum atomic E-state index is -0.00827. The van der Waals surface area contributed by atoms with Gasteiger partial charge in [-0.25, -0.2) is 0 Å². The van der Waals surface area contributed by atoms with E-state index in [1.807, 2.05) is 39.0 Å². The SMILES string of the molecule is CCN(CC)CC(=O)Nc1ccc(NC(=O)CCC2CCCCC2)cc1C. The van der Waals surface area contributed by atoms with Gasteiger partial charge in [0, 0.05) is 17.8 Å². The quantitative estimate of drug-likeness (QED) is 0.666. The van der Waals surface area contributed by atoms with Gasteiger partial charge in [0.05, 0.1) is 6.54 Å². The van der Waals surface area contributed by atoms with Crippen molar-refractivity contribution in [1.82, 2.24) is 4.90 Å². The Bertz CT molecular complexity index is 620. The number of anilines is 2. The lowest BCUT2D eigenvalue weighted by Gasteiger charge is -2.21. The van der Waals surface area contributed by atoms with Gasteiger partial charge in [-0.3, -0.25) is 14.5 Å². The van der Waals surface area contributed by atoms with Crippen LogP contribution in [0.3, 0.4) is 0 Å². The number of carbonyl (C=O) groups is 2. The van der Waals surface area contributed by atoms with Crippen LogP contribution in [0.15, 0.2) is 18.2 Å². The molecule has 150 valence electrons. The predicted molar refractivity (Wildman–Crippen MR) is 112 cm³/mol. The fourth-order valence-corrected chi connectivity index (χ4v) is 3.76.